The van der Waals surface area contributed by atoms with Crippen molar-refractivity contribution in [1.82, 2.24) is 9.17 Å². The van der Waals surface area contributed by atoms with E-state index < -0.39 is 17.4 Å². The largest absolute Gasteiger partial charge is 0.366 e. The average Bonchev–Trinajstić information content (AvgIpc) is 3.45. The quantitative estimate of drug-likeness (QED) is 0.0790. The van der Waals surface area contributed by atoms with Crippen molar-refractivity contribution in [3.05, 3.63) is 140 Å². The van der Waals surface area contributed by atoms with Gasteiger partial charge >= 0.3 is 7.52 Å². The monoisotopic (exact) mass is 615 g/mol. The summed E-state index contributed by atoms with van der Waals surface area (Å²) >= 11 is 1.08. The van der Waals surface area contributed by atoms with E-state index in [9.17, 15) is 24.8 Å². The molecule has 15 heteroatoms. The third kappa shape index (κ3) is 6.62. The van der Waals surface area contributed by atoms with Crippen LogP contribution in [0.15, 0.2) is 119 Å². The molecule has 13 nitrogen and oxygen atoms in total. The van der Waals surface area contributed by atoms with Crippen molar-refractivity contribution in [2.45, 2.75) is 0 Å². The fraction of sp³-hybridized carbons (Fsp3) is 0.0357. The Kier molecular flexibility index (Phi) is 8.62. The zero-order chi connectivity index (χ0) is 30.4. The zero-order valence-electron chi connectivity index (χ0n) is 22.4. The zero-order valence-corrected chi connectivity index (χ0v) is 24.1. The molecule has 1 N–H and O–H groups in total. The third-order valence-corrected chi connectivity index (χ3v) is 8.94. The molecule has 1 heterocycles. The molecule has 1 aromatic heterocycles. The first-order valence-electron chi connectivity index (χ1n) is 12.5. The van der Waals surface area contributed by atoms with E-state index in [2.05, 4.69) is 20.4 Å². The number of hydrazone groups is 1. The Morgan fingerprint density at radius 3 is 1.98 bits per heavy atom. The van der Waals surface area contributed by atoms with E-state index in [1.54, 1.807) is 28.3 Å². The van der Waals surface area contributed by atoms with Crippen molar-refractivity contribution in [3.8, 4) is 16.9 Å². The molecule has 43 heavy (non-hydrogen) atoms. The normalized spacial score (nSPS) is 13.3. The van der Waals surface area contributed by atoms with Gasteiger partial charge in [0.15, 0.2) is 10.1 Å². The van der Waals surface area contributed by atoms with Gasteiger partial charge in [0.05, 0.1) is 21.2 Å². The number of hydrogen-bond acceptors (Lipinski definition) is 10. The van der Waals surface area contributed by atoms with Crippen LogP contribution in [-0.4, -0.2) is 31.6 Å². The minimum absolute atomic E-state index is 0.0944. The van der Waals surface area contributed by atoms with E-state index >= 15 is 0 Å². The molecule has 4 aromatic carbocycles. The van der Waals surface area contributed by atoms with Crippen LogP contribution < -0.4 is 10.1 Å². The second kappa shape index (κ2) is 12.7. The van der Waals surface area contributed by atoms with Crippen molar-refractivity contribution in [2.24, 2.45) is 9.86 Å². The molecule has 1 unspecified atom stereocenters. The Bertz CT molecular complexity index is 1910. The molecule has 1 atom stereocenters. The van der Waals surface area contributed by atoms with Gasteiger partial charge in [-0.25, -0.2) is 0 Å². The second-order valence-electron chi connectivity index (χ2n) is 8.78. The molecule has 0 saturated heterocycles. The molecule has 0 aliphatic carbocycles. The minimum atomic E-state index is -4.19. The predicted octanol–water partition coefficient (Wildman–Crippen LogP) is 6.63. The third-order valence-electron chi connectivity index (χ3n) is 6.03. The molecular weight excluding hydrogens is 593 g/mol. The summed E-state index contributed by atoms with van der Waals surface area (Å²) in [5.74, 6) is 0. The Balaban J connectivity index is 1.69. The maximum absolute atomic E-state index is 14.6. The van der Waals surface area contributed by atoms with E-state index in [0.29, 0.717) is 22.6 Å². The van der Waals surface area contributed by atoms with Gasteiger partial charge in [-0.15, -0.1) is 0 Å². The predicted molar refractivity (Wildman–Crippen MR) is 163 cm³/mol. The summed E-state index contributed by atoms with van der Waals surface area (Å²) in [5, 5.41) is 31.5. The number of benzene rings is 4. The molecule has 0 aliphatic rings. The second-order valence-corrected chi connectivity index (χ2v) is 11.7. The highest BCUT2D eigenvalue weighted by molar-refractivity contribution is 7.76. The summed E-state index contributed by atoms with van der Waals surface area (Å²) in [6.07, 6.45) is 0. The van der Waals surface area contributed by atoms with E-state index in [-0.39, 0.29) is 27.1 Å². The van der Waals surface area contributed by atoms with Crippen molar-refractivity contribution >= 4 is 41.6 Å². The molecule has 5 rings (SSSR count). The Morgan fingerprint density at radius 2 is 1.42 bits per heavy atom. The van der Waals surface area contributed by atoms with Gasteiger partial charge in [0.25, 0.3) is 11.4 Å². The number of anilines is 1. The van der Waals surface area contributed by atoms with Crippen molar-refractivity contribution in [1.29, 1.82) is 0 Å². The summed E-state index contributed by atoms with van der Waals surface area (Å²) in [4.78, 5) is 21.4. The molecule has 216 valence electrons. The Labute approximate surface area is 248 Å². The standard InChI is InChI=1S/C28H22N7O6PS/c1-41-42(40,27(30-29-22-8-4-2-5-9-22)21-14-18-25(19-15-21)35(38)39)32-28-26(20-12-16-24(17-13-20)34(36)37)31-33(43-28)23-10-6-3-7-11-23/h2-19,29H,1H3/b30-27+,32-28+. The number of hydrogen-bond donors (Lipinski definition) is 1. The van der Waals surface area contributed by atoms with Gasteiger partial charge in [-0.1, -0.05) is 36.4 Å². The van der Waals surface area contributed by atoms with Crippen LogP contribution in [0.3, 0.4) is 0 Å². The Hall–Kier alpha value is -5.30. The molecule has 0 amide bonds. The highest BCUT2D eigenvalue weighted by atomic mass is 32.1. The van der Waals surface area contributed by atoms with Crippen molar-refractivity contribution < 1.29 is 18.9 Å². The lowest BCUT2D eigenvalue weighted by atomic mass is 10.1. The van der Waals surface area contributed by atoms with Crippen LogP contribution in [0.5, 0.6) is 0 Å². The van der Waals surface area contributed by atoms with Crippen LogP contribution >= 0.6 is 19.1 Å². The molecule has 5 aromatic rings. The topological polar surface area (TPSA) is 167 Å². The molecule has 0 spiro atoms. The summed E-state index contributed by atoms with van der Waals surface area (Å²) < 4.78 is 26.5. The summed E-state index contributed by atoms with van der Waals surface area (Å²) in [5.41, 5.74) is 4.89. The summed E-state index contributed by atoms with van der Waals surface area (Å²) in [7, 11) is -2.96. The number of nitro groups is 2. The van der Waals surface area contributed by atoms with Gasteiger partial charge in [0.2, 0.25) is 0 Å². The minimum Gasteiger partial charge on any atom is -0.311 e. The van der Waals surface area contributed by atoms with Crippen molar-refractivity contribution in [2.75, 3.05) is 12.5 Å². The Morgan fingerprint density at radius 1 is 0.860 bits per heavy atom. The van der Waals surface area contributed by atoms with Gasteiger partial charge in [-0.05, 0) is 60.1 Å². The molecule has 0 fully saturated rings. The number of nitrogens with zero attached hydrogens (tertiary/aromatic N) is 6. The molecule has 0 aliphatic heterocycles. The highest BCUT2D eigenvalue weighted by Crippen LogP contribution is 2.51. The SMILES string of the molecule is COP(=O)(/N=c1/sn(-c2ccccc2)nc1-c1ccc([N+](=O)[O-])cc1)/C(=N/Nc1ccccc1)c1ccc([N+](=O)[O-])cc1. The lowest BCUT2D eigenvalue weighted by Crippen LogP contribution is -2.10. The number of non-ortho nitro benzene ring substituents is 2. The fourth-order valence-electron chi connectivity index (χ4n) is 3.88. The first-order chi connectivity index (χ1) is 20.8. The number of para-hydroxylation sites is 2. The van der Waals surface area contributed by atoms with Crippen LogP contribution in [0.1, 0.15) is 5.56 Å². The summed E-state index contributed by atoms with van der Waals surface area (Å²) in [6.45, 7) is 0. The molecule has 0 radical (unpaired) electrons. The lowest BCUT2D eigenvalue weighted by molar-refractivity contribution is -0.385. The van der Waals surface area contributed by atoms with Crippen LogP contribution in [0.25, 0.3) is 16.9 Å². The molecule has 0 saturated carbocycles. The van der Waals surface area contributed by atoms with E-state index in [4.69, 9.17) is 4.52 Å². The highest BCUT2D eigenvalue weighted by Gasteiger charge is 2.32. The van der Waals surface area contributed by atoms with E-state index in [1.807, 2.05) is 36.4 Å². The van der Waals surface area contributed by atoms with Gasteiger partial charge in [0, 0.05) is 42.5 Å². The number of nitro benzene ring substituents is 2. The van der Waals surface area contributed by atoms with Crippen molar-refractivity contribution in [3.63, 3.8) is 0 Å². The van der Waals surface area contributed by atoms with E-state index in [0.717, 1.165) is 11.5 Å². The van der Waals surface area contributed by atoms with Gasteiger partial charge in [-0.3, -0.25) is 30.2 Å². The maximum atomic E-state index is 14.6. The maximum Gasteiger partial charge on any atom is 0.366 e. The number of rotatable bonds is 10. The smallest absolute Gasteiger partial charge is 0.311 e. The number of aromatic nitrogens is 2. The van der Waals surface area contributed by atoms with Crippen LogP contribution in [-0.2, 0) is 9.09 Å². The molecule has 0 bridgehead atoms. The average molecular weight is 616 g/mol. The van der Waals surface area contributed by atoms with Gasteiger partial charge in [0.1, 0.15) is 5.69 Å². The van der Waals surface area contributed by atoms with E-state index in [1.165, 1.54) is 55.6 Å². The van der Waals surface area contributed by atoms with Crippen LogP contribution in [0.2, 0.25) is 0 Å². The first-order valence-corrected chi connectivity index (χ1v) is 14.9. The lowest BCUT2D eigenvalue weighted by Gasteiger charge is -2.14. The van der Waals surface area contributed by atoms with Crippen LogP contribution in [0, 0.1) is 20.2 Å². The first kappa shape index (κ1) is 29.2. The van der Waals surface area contributed by atoms with Gasteiger partial charge < -0.3 is 4.52 Å². The summed E-state index contributed by atoms with van der Waals surface area (Å²) in [6, 6.07) is 29.2. The fourth-order valence-corrected chi connectivity index (χ4v) is 6.44. The molecular formula is C28H22N7O6PS. The van der Waals surface area contributed by atoms with Gasteiger partial charge in [-0.2, -0.15) is 19.0 Å². The van der Waals surface area contributed by atoms with Crippen LogP contribution in [0.4, 0.5) is 17.1 Å². The number of nitrogens with one attached hydrogen (secondary N) is 1.